The number of nitrogens with two attached hydrogens (primary N) is 1. The quantitative estimate of drug-likeness (QED) is 0.448. The topological polar surface area (TPSA) is 122 Å². The molecule has 1 fully saturated rings. The SMILES string of the molecule is CC(=NNC(=O)C(N)=O)c1ccc(S(=O)(=O)N2CCCC2)cc1. The van der Waals surface area contributed by atoms with Crippen molar-refractivity contribution in [2.75, 3.05) is 13.1 Å². The van der Waals surface area contributed by atoms with Crippen LogP contribution in [0.25, 0.3) is 0 Å². The Kier molecular flexibility index (Phi) is 5.12. The molecule has 1 aliphatic rings. The van der Waals surface area contributed by atoms with E-state index in [1.54, 1.807) is 19.1 Å². The van der Waals surface area contributed by atoms with Gasteiger partial charge < -0.3 is 5.73 Å². The van der Waals surface area contributed by atoms with Crippen LogP contribution in [0.2, 0.25) is 0 Å². The van der Waals surface area contributed by atoms with Crippen LogP contribution in [0.3, 0.4) is 0 Å². The summed E-state index contributed by atoms with van der Waals surface area (Å²) in [6.45, 7) is 2.71. The molecule has 3 N–H and O–H groups in total. The van der Waals surface area contributed by atoms with Gasteiger partial charge in [-0.2, -0.15) is 9.41 Å². The number of hydrogen-bond acceptors (Lipinski definition) is 5. The van der Waals surface area contributed by atoms with Crippen LogP contribution in [0.4, 0.5) is 0 Å². The van der Waals surface area contributed by atoms with Gasteiger partial charge in [0, 0.05) is 13.1 Å². The van der Waals surface area contributed by atoms with E-state index in [9.17, 15) is 18.0 Å². The zero-order valence-corrected chi connectivity index (χ0v) is 13.5. The lowest BCUT2D eigenvalue weighted by Gasteiger charge is -2.15. The van der Waals surface area contributed by atoms with E-state index < -0.39 is 21.8 Å². The number of amides is 2. The minimum Gasteiger partial charge on any atom is -0.361 e. The number of primary amides is 1. The maximum atomic E-state index is 12.4. The molecule has 124 valence electrons. The van der Waals surface area contributed by atoms with E-state index in [1.807, 2.05) is 5.43 Å². The van der Waals surface area contributed by atoms with Gasteiger partial charge in [-0.25, -0.2) is 13.8 Å². The van der Waals surface area contributed by atoms with Crippen molar-refractivity contribution in [3.8, 4) is 0 Å². The molecular formula is C14H18N4O4S. The second kappa shape index (κ2) is 6.88. The first-order valence-electron chi connectivity index (χ1n) is 7.07. The van der Waals surface area contributed by atoms with Crippen LogP contribution in [-0.2, 0) is 19.6 Å². The van der Waals surface area contributed by atoms with Crippen molar-refractivity contribution in [3.05, 3.63) is 29.8 Å². The van der Waals surface area contributed by atoms with Gasteiger partial charge in [0.2, 0.25) is 10.0 Å². The third kappa shape index (κ3) is 3.93. The van der Waals surface area contributed by atoms with Gasteiger partial charge in [0.25, 0.3) is 0 Å². The minimum absolute atomic E-state index is 0.220. The van der Waals surface area contributed by atoms with E-state index in [0.29, 0.717) is 24.4 Å². The molecule has 2 rings (SSSR count). The highest BCUT2D eigenvalue weighted by molar-refractivity contribution is 7.89. The molecule has 0 spiro atoms. The lowest BCUT2D eigenvalue weighted by molar-refractivity contribution is -0.137. The van der Waals surface area contributed by atoms with Gasteiger partial charge in [-0.3, -0.25) is 9.59 Å². The molecule has 1 heterocycles. The summed E-state index contributed by atoms with van der Waals surface area (Å²) in [4.78, 5) is 21.9. The number of hydrazone groups is 1. The van der Waals surface area contributed by atoms with E-state index in [1.165, 1.54) is 16.4 Å². The molecule has 1 aromatic rings. The van der Waals surface area contributed by atoms with Crippen LogP contribution in [0.5, 0.6) is 0 Å². The number of rotatable bonds is 4. The lowest BCUT2D eigenvalue weighted by atomic mass is 10.1. The van der Waals surface area contributed by atoms with Crippen LogP contribution in [-0.4, -0.2) is 43.3 Å². The van der Waals surface area contributed by atoms with Gasteiger partial charge in [-0.15, -0.1) is 0 Å². The highest BCUT2D eigenvalue weighted by Crippen LogP contribution is 2.21. The summed E-state index contributed by atoms with van der Waals surface area (Å²) in [5, 5.41) is 3.74. The molecule has 1 aromatic carbocycles. The second-order valence-corrected chi connectivity index (χ2v) is 7.08. The number of nitrogens with one attached hydrogen (secondary N) is 1. The maximum absolute atomic E-state index is 12.4. The molecule has 0 aliphatic carbocycles. The predicted octanol–water partition coefficient (Wildman–Crippen LogP) is -0.203. The maximum Gasteiger partial charge on any atom is 0.329 e. The van der Waals surface area contributed by atoms with Crippen LogP contribution in [0, 0.1) is 0 Å². The van der Waals surface area contributed by atoms with E-state index in [0.717, 1.165) is 12.8 Å². The van der Waals surface area contributed by atoms with Gasteiger partial charge in [0.1, 0.15) is 0 Å². The van der Waals surface area contributed by atoms with Crippen molar-refractivity contribution in [3.63, 3.8) is 0 Å². The normalized spacial score (nSPS) is 16.3. The lowest BCUT2D eigenvalue weighted by Crippen LogP contribution is -2.33. The average molecular weight is 338 g/mol. The molecule has 23 heavy (non-hydrogen) atoms. The molecule has 0 atom stereocenters. The summed E-state index contributed by atoms with van der Waals surface area (Å²) in [6.07, 6.45) is 1.76. The van der Waals surface area contributed by atoms with Gasteiger partial charge in [-0.1, -0.05) is 12.1 Å². The summed E-state index contributed by atoms with van der Waals surface area (Å²) in [5.74, 6) is -2.15. The third-order valence-corrected chi connectivity index (χ3v) is 5.44. The molecule has 0 saturated carbocycles. The third-order valence-electron chi connectivity index (χ3n) is 3.52. The van der Waals surface area contributed by atoms with Crippen molar-refractivity contribution >= 4 is 27.5 Å². The van der Waals surface area contributed by atoms with Crippen LogP contribution in [0.1, 0.15) is 25.3 Å². The van der Waals surface area contributed by atoms with Crippen molar-refractivity contribution in [2.24, 2.45) is 10.8 Å². The van der Waals surface area contributed by atoms with Crippen LogP contribution < -0.4 is 11.2 Å². The average Bonchev–Trinajstić information content (AvgIpc) is 3.07. The van der Waals surface area contributed by atoms with Gasteiger partial charge >= 0.3 is 11.8 Å². The zero-order chi connectivity index (χ0) is 17.0. The van der Waals surface area contributed by atoms with E-state index in [4.69, 9.17) is 5.73 Å². The molecule has 1 aliphatic heterocycles. The first kappa shape index (κ1) is 17.1. The molecule has 8 nitrogen and oxygen atoms in total. The fourth-order valence-corrected chi connectivity index (χ4v) is 3.72. The number of sulfonamides is 1. The monoisotopic (exact) mass is 338 g/mol. The van der Waals surface area contributed by atoms with E-state index >= 15 is 0 Å². The van der Waals surface area contributed by atoms with Crippen molar-refractivity contribution in [1.82, 2.24) is 9.73 Å². The summed E-state index contributed by atoms with van der Waals surface area (Å²) in [5.41, 5.74) is 7.86. The van der Waals surface area contributed by atoms with Crippen molar-refractivity contribution < 1.29 is 18.0 Å². The number of carbonyl (C=O) groups is 2. The second-order valence-electron chi connectivity index (χ2n) is 5.14. The van der Waals surface area contributed by atoms with Crippen LogP contribution in [0.15, 0.2) is 34.3 Å². The Labute approximate surface area is 134 Å². The van der Waals surface area contributed by atoms with E-state index in [-0.39, 0.29) is 4.90 Å². The number of nitrogens with zero attached hydrogens (tertiary/aromatic N) is 2. The fraction of sp³-hybridized carbons (Fsp3) is 0.357. The molecule has 0 bridgehead atoms. The zero-order valence-electron chi connectivity index (χ0n) is 12.7. The Hall–Kier alpha value is -2.26. The summed E-state index contributed by atoms with van der Waals surface area (Å²) in [7, 11) is -3.46. The molecule has 9 heteroatoms. The van der Waals surface area contributed by atoms with Crippen molar-refractivity contribution in [2.45, 2.75) is 24.7 Å². The standard InChI is InChI=1S/C14H18N4O4S/c1-10(16-17-14(20)13(15)19)11-4-6-12(7-5-11)23(21,22)18-8-2-3-9-18/h4-7H,2-3,8-9H2,1H3,(H2,15,19)(H,17,20). The number of carbonyl (C=O) groups excluding carboxylic acids is 2. The molecule has 0 aromatic heterocycles. The highest BCUT2D eigenvalue weighted by atomic mass is 32.2. The first-order valence-corrected chi connectivity index (χ1v) is 8.51. The summed E-state index contributed by atoms with van der Waals surface area (Å²) in [6, 6.07) is 6.19. The van der Waals surface area contributed by atoms with Gasteiger partial charge in [0.05, 0.1) is 10.6 Å². The van der Waals surface area contributed by atoms with Gasteiger partial charge in [-0.05, 0) is 37.5 Å². The Morgan fingerprint density at radius 1 is 1.17 bits per heavy atom. The van der Waals surface area contributed by atoms with Crippen LogP contribution >= 0.6 is 0 Å². The Morgan fingerprint density at radius 2 is 1.74 bits per heavy atom. The Balaban J connectivity index is 2.14. The number of benzene rings is 1. The molecular weight excluding hydrogens is 320 g/mol. The molecule has 2 amide bonds. The van der Waals surface area contributed by atoms with Crippen molar-refractivity contribution in [1.29, 1.82) is 0 Å². The minimum atomic E-state index is -3.46. The smallest absolute Gasteiger partial charge is 0.329 e. The Bertz CT molecular complexity index is 735. The largest absolute Gasteiger partial charge is 0.361 e. The first-order chi connectivity index (χ1) is 10.8. The summed E-state index contributed by atoms with van der Waals surface area (Å²) < 4.78 is 26.3. The molecule has 0 unspecified atom stereocenters. The number of hydrogen-bond donors (Lipinski definition) is 2. The highest BCUT2D eigenvalue weighted by Gasteiger charge is 2.26. The Morgan fingerprint density at radius 3 is 2.26 bits per heavy atom. The van der Waals surface area contributed by atoms with Gasteiger partial charge in [0.15, 0.2) is 0 Å². The molecule has 0 radical (unpaired) electrons. The van der Waals surface area contributed by atoms with E-state index in [2.05, 4.69) is 5.10 Å². The fourth-order valence-electron chi connectivity index (χ4n) is 2.20. The molecule has 1 saturated heterocycles. The summed E-state index contributed by atoms with van der Waals surface area (Å²) >= 11 is 0. The predicted molar refractivity (Wildman–Crippen MR) is 84.0 cm³/mol.